The molecule has 1 heterocycles. The van der Waals surface area contributed by atoms with Crippen molar-refractivity contribution < 1.29 is 9.53 Å². The fourth-order valence-electron chi connectivity index (χ4n) is 2.22. The molecule has 2 aromatic rings. The van der Waals surface area contributed by atoms with Gasteiger partial charge in [0.1, 0.15) is 6.54 Å². The predicted octanol–water partition coefficient (Wildman–Crippen LogP) is 2.97. The molecule has 108 valence electrons. The molecule has 0 saturated carbocycles. The highest BCUT2D eigenvalue weighted by molar-refractivity contribution is 6.31. The number of fused-ring (bicyclic) bond motifs is 1. The van der Waals surface area contributed by atoms with Crippen LogP contribution in [0.25, 0.3) is 10.9 Å². The van der Waals surface area contributed by atoms with E-state index in [1.54, 1.807) is 0 Å². The van der Waals surface area contributed by atoms with Crippen LogP contribution < -0.4 is 5.32 Å². The number of methoxy groups -OCH3 is 1. The van der Waals surface area contributed by atoms with Crippen molar-refractivity contribution in [2.75, 3.05) is 13.7 Å². The first kappa shape index (κ1) is 14.9. The molecular formula is C15H19ClN2O2. The van der Waals surface area contributed by atoms with Crippen LogP contribution in [0.2, 0.25) is 5.02 Å². The van der Waals surface area contributed by atoms with Gasteiger partial charge in [0.2, 0.25) is 0 Å². The normalized spacial score (nSPS) is 10.9. The van der Waals surface area contributed by atoms with Crippen LogP contribution in [-0.4, -0.2) is 24.2 Å². The minimum atomic E-state index is -0.269. The molecule has 0 aliphatic heterocycles. The first-order chi connectivity index (χ1) is 9.65. The molecule has 0 fully saturated rings. The van der Waals surface area contributed by atoms with Crippen LogP contribution in [0, 0.1) is 0 Å². The summed E-state index contributed by atoms with van der Waals surface area (Å²) < 4.78 is 6.62. The second-order valence-corrected chi connectivity index (χ2v) is 5.13. The van der Waals surface area contributed by atoms with E-state index in [0.29, 0.717) is 5.02 Å². The zero-order valence-corrected chi connectivity index (χ0v) is 12.5. The molecule has 0 amide bonds. The molecular weight excluding hydrogens is 276 g/mol. The zero-order chi connectivity index (χ0) is 14.5. The molecule has 1 aromatic carbocycles. The minimum Gasteiger partial charge on any atom is -0.468 e. The van der Waals surface area contributed by atoms with Crippen LogP contribution >= 0.6 is 11.6 Å². The van der Waals surface area contributed by atoms with Gasteiger partial charge in [-0.25, -0.2) is 0 Å². The van der Waals surface area contributed by atoms with E-state index >= 15 is 0 Å². The molecule has 1 N–H and O–H groups in total. The van der Waals surface area contributed by atoms with Crippen molar-refractivity contribution >= 4 is 28.5 Å². The number of nitrogens with zero attached hydrogens (tertiary/aromatic N) is 1. The lowest BCUT2D eigenvalue weighted by Gasteiger charge is -2.03. The molecule has 1 aromatic heterocycles. The van der Waals surface area contributed by atoms with Crippen molar-refractivity contribution in [2.45, 2.75) is 26.4 Å². The number of hydrogen-bond acceptors (Lipinski definition) is 3. The van der Waals surface area contributed by atoms with Gasteiger partial charge in [-0.15, -0.1) is 0 Å². The maximum absolute atomic E-state index is 11.5. The summed E-state index contributed by atoms with van der Waals surface area (Å²) in [5.41, 5.74) is 2.12. The lowest BCUT2D eigenvalue weighted by Crippen LogP contribution is -2.13. The molecule has 4 nitrogen and oxygen atoms in total. The van der Waals surface area contributed by atoms with Gasteiger partial charge in [0.05, 0.1) is 12.6 Å². The van der Waals surface area contributed by atoms with Crippen molar-refractivity contribution in [1.29, 1.82) is 0 Å². The number of nitrogens with one attached hydrogen (secondary N) is 1. The Morgan fingerprint density at radius 3 is 2.95 bits per heavy atom. The molecule has 0 spiro atoms. The molecule has 5 heteroatoms. The quantitative estimate of drug-likeness (QED) is 0.658. The van der Waals surface area contributed by atoms with Crippen LogP contribution in [0.15, 0.2) is 24.4 Å². The molecule has 0 aliphatic carbocycles. The Balaban J connectivity index is 2.35. The van der Waals surface area contributed by atoms with Crippen LogP contribution in [0.3, 0.4) is 0 Å². The van der Waals surface area contributed by atoms with Gasteiger partial charge in [-0.05, 0) is 30.7 Å². The molecule has 20 heavy (non-hydrogen) atoms. The summed E-state index contributed by atoms with van der Waals surface area (Å²) in [6.07, 6.45) is 3.08. The van der Waals surface area contributed by atoms with Gasteiger partial charge < -0.3 is 14.6 Å². The van der Waals surface area contributed by atoms with Crippen LogP contribution in [0.4, 0.5) is 0 Å². The SMILES string of the molecule is CCCNCc1cn(CC(=O)OC)c2cc(Cl)ccc12. The number of ether oxygens (including phenoxy) is 1. The summed E-state index contributed by atoms with van der Waals surface area (Å²) in [4.78, 5) is 11.5. The molecule has 0 radical (unpaired) electrons. The summed E-state index contributed by atoms with van der Waals surface area (Å²) in [5, 5.41) is 5.15. The largest absolute Gasteiger partial charge is 0.468 e. The minimum absolute atomic E-state index is 0.196. The second kappa shape index (κ2) is 6.77. The number of carbonyl (C=O) groups is 1. The third kappa shape index (κ3) is 3.32. The number of rotatable bonds is 6. The zero-order valence-electron chi connectivity index (χ0n) is 11.8. The van der Waals surface area contributed by atoms with Crippen molar-refractivity contribution in [1.82, 2.24) is 9.88 Å². The maximum Gasteiger partial charge on any atom is 0.325 e. The fourth-order valence-corrected chi connectivity index (χ4v) is 2.38. The number of aromatic nitrogens is 1. The highest BCUT2D eigenvalue weighted by atomic mass is 35.5. The van der Waals surface area contributed by atoms with Gasteiger partial charge in [-0.2, -0.15) is 0 Å². The van der Waals surface area contributed by atoms with E-state index in [1.165, 1.54) is 7.11 Å². The second-order valence-electron chi connectivity index (χ2n) is 4.70. The number of esters is 1. The standard InChI is InChI=1S/C15H19ClN2O2/c1-3-6-17-8-11-9-18(10-15(19)20-2)14-7-12(16)4-5-13(11)14/h4-5,7,9,17H,3,6,8,10H2,1-2H3. The van der Waals surface area contributed by atoms with Crippen molar-refractivity contribution in [2.24, 2.45) is 0 Å². The summed E-state index contributed by atoms with van der Waals surface area (Å²) in [6.45, 7) is 4.08. The smallest absolute Gasteiger partial charge is 0.325 e. The Kier molecular flexibility index (Phi) is 5.04. The van der Waals surface area contributed by atoms with Gasteiger partial charge in [0.25, 0.3) is 0 Å². The first-order valence-electron chi connectivity index (χ1n) is 6.70. The van der Waals surface area contributed by atoms with Crippen LogP contribution in [-0.2, 0) is 22.6 Å². The van der Waals surface area contributed by atoms with E-state index in [9.17, 15) is 4.79 Å². The van der Waals surface area contributed by atoms with Crippen molar-refractivity contribution in [3.8, 4) is 0 Å². The van der Waals surface area contributed by atoms with Gasteiger partial charge in [-0.3, -0.25) is 4.79 Å². The van der Waals surface area contributed by atoms with Crippen LogP contribution in [0.1, 0.15) is 18.9 Å². The van der Waals surface area contributed by atoms with Crippen molar-refractivity contribution in [3.63, 3.8) is 0 Å². The number of hydrogen-bond donors (Lipinski definition) is 1. The first-order valence-corrected chi connectivity index (χ1v) is 7.08. The maximum atomic E-state index is 11.5. The summed E-state index contributed by atoms with van der Waals surface area (Å²) >= 11 is 6.05. The van der Waals surface area contributed by atoms with E-state index in [4.69, 9.17) is 16.3 Å². The Hall–Kier alpha value is -1.52. The molecule has 0 saturated heterocycles. The summed E-state index contributed by atoms with van der Waals surface area (Å²) in [7, 11) is 1.39. The Morgan fingerprint density at radius 1 is 1.45 bits per heavy atom. The molecule has 0 atom stereocenters. The lowest BCUT2D eigenvalue weighted by molar-refractivity contribution is -0.141. The van der Waals surface area contributed by atoms with Gasteiger partial charge in [0.15, 0.2) is 0 Å². The third-order valence-electron chi connectivity index (χ3n) is 3.20. The van der Waals surface area contributed by atoms with Gasteiger partial charge >= 0.3 is 5.97 Å². The average Bonchev–Trinajstić information content (AvgIpc) is 2.76. The molecule has 0 bridgehead atoms. The highest BCUT2D eigenvalue weighted by Gasteiger charge is 2.11. The molecule has 0 unspecified atom stereocenters. The summed E-state index contributed by atoms with van der Waals surface area (Å²) in [5.74, 6) is -0.269. The molecule has 0 aliphatic rings. The number of halogens is 1. The molecule has 2 rings (SSSR count). The van der Waals surface area contributed by atoms with E-state index in [2.05, 4.69) is 12.2 Å². The Morgan fingerprint density at radius 2 is 2.25 bits per heavy atom. The monoisotopic (exact) mass is 294 g/mol. The topological polar surface area (TPSA) is 43.3 Å². The number of benzene rings is 1. The van der Waals surface area contributed by atoms with Crippen LogP contribution in [0.5, 0.6) is 0 Å². The predicted molar refractivity (Wildman–Crippen MR) is 81.0 cm³/mol. The Labute approximate surface area is 123 Å². The van der Waals surface area contributed by atoms with E-state index in [1.807, 2.05) is 29.0 Å². The Bertz CT molecular complexity index is 607. The lowest BCUT2D eigenvalue weighted by atomic mass is 10.2. The summed E-state index contributed by atoms with van der Waals surface area (Å²) in [6, 6.07) is 5.74. The third-order valence-corrected chi connectivity index (χ3v) is 3.43. The number of carbonyl (C=O) groups excluding carboxylic acids is 1. The van der Waals surface area contributed by atoms with E-state index in [-0.39, 0.29) is 12.5 Å². The van der Waals surface area contributed by atoms with Gasteiger partial charge in [0, 0.05) is 23.2 Å². The van der Waals surface area contributed by atoms with Gasteiger partial charge in [-0.1, -0.05) is 24.6 Å². The average molecular weight is 295 g/mol. The van der Waals surface area contributed by atoms with E-state index in [0.717, 1.165) is 36.0 Å². The van der Waals surface area contributed by atoms with Crippen molar-refractivity contribution in [3.05, 3.63) is 35.0 Å². The highest BCUT2D eigenvalue weighted by Crippen LogP contribution is 2.25. The fraction of sp³-hybridized carbons (Fsp3) is 0.400. The van der Waals surface area contributed by atoms with E-state index < -0.39 is 0 Å².